The second kappa shape index (κ2) is 3.77. The second-order valence-corrected chi connectivity index (χ2v) is 4.35. The smallest absolute Gasteiger partial charge is 0.145 e. The van der Waals surface area contributed by atoms with E-state index in [9.17, 15) is 0 Å². The van der Waals surface area contributed by atoms with Crippen LogP contribution in [-0.4, -0.2) is 10.5 Å². The van der Waals surface area contributed by atoms with Crippen LogP contribution in [0.4, 0.5) is 5.82 Å². The molecule has 0 radical (unpaired) electrons. The van der Waals surface area contributed by atoms with Gasteiger partial charge in [-0.2, -0.15) is 0 Å². The number of rotatable bonds is 3. The van der Waals surface area contributed by atoms with Crippen molar-refractivity contribution < 1.29 is 0 Å². The van der Waals surface area contributed by atoms with Gasteiger partial charge in [-0.25, -0.2) is 4.98 Å². The fourth-order valence-corrected chi connectivity index (χ4v) is 2.07. The van der Waals surface area contributed by atoms with Gasteiger partial charge in [0.1, 0.15) is 5.82 Å². The Morgan fingerprint density at radius 3 is 2.86 bits per heavy atom. The average Bonchev–Trinajstić information content (AvgIpc) is 2.14. The first kappa shape index (κ1) is 9.78. The summed E-state index contributed by atoms with van der Waals surface area (Å²) in [4.78, 5) is 4.25. The van der Waals surface area contributed by atoms with Gasteiger partial charge in [-0.1, -0.05) is 18.5 Å². The lowest BCUT2D eigenvalue weighted by atomic mass is 9.75. The molecule has 0 unspecified atom stereocenters. The molecule has 0 spiro atoms. The Kier molecular flexibility index (Phi) is 2.64. The van der Waals surface area contributed by atoms with E-state index in [0.717, 1.165) is 12.2 Å². The number of hydrogen-bond donors (Lipinski definition) is 1. The average molecular weight is 211 g/mol. The maximum absolute atomic E-state index is 6.04. The van der Waals surface area contributed by atoms with Crippen molar-refractivity contribution in [3.63, 3.8) is 0 Å². The Bertz CT molecular complexity index is 315. The van der Waals surface area contributed by atoms with Crippen LogP contribution in [0.15, 0.2) is 18.3 Å². The third-order valence-corrected chi connectivity index (χ3v) is 3.43. The lowest BCUT2D eigenvalue weighted by molar-refractivity contribution is 0.269. The molecule has 0 aliphatic heterocycles. The van der Waals surface area contributed by atoms with Gasteiger partial charge in [0.15, 0.2) is 0 Å². The fraction of sp³-hybridized carbons (Fsp3) is 0.545. The third-order valence-electron chi connectivity index (χ3n) is 3.13. The molecule has 3 heteroatoms. The van der Waals surface area contributed by atoms with Gasteiger partial charge >= 0.3 is 0 Å². The Balaban J connectivity index is 2.13. The molecule has 1 aliphatic rings. The van der Waals surface area contributed by atoms with E-state index in [0.29, 0.717) is 5.02 Å². The number of halogens is 1. The van der Waals surface area contributed by atoms with Crippen LogP contribution in [0.1, 0.15) is 32.6 Å². The van der Waals surface area contributed by atoms with Crippen molar-refractivity contribution in [1.29, 1.82) is 0 Å². The molecular formula is C11H15ClN2. The van der Waals surface area contributed by atoms with Gasteiger partial charge in [0, 0.05) is 11.7 Å². The summed E-state index contributed by atoms with van der Waals surface area (Å²) in [6.45, 7) is 2.21. The van der Waals surface area contributed by atoms with Crippen molar-refractivity contribution in [2.45, 2.75) is 38.1 Å². The summed E-state index contributed by atoms with van der Waals surface area (Å²) in [7, 11) is 0. The molecule has 1 heterocycles. The van der Waals surface area contributed by atoms with E-state index in [-0.39, 0.29) is 5.54 Å². The van der Waals surface area contributed by atoms with E-state index in [1.54, 1.807) is 6.20 Å². The van der Waals surface area contributed by atoms with Gasteiger partial charge in [0.25, 0.3) is 0 Å². The zero-order chi connectivity index (χ0) is 10.0. The monoisotopic (exact) mass is 210 g/mol. The van der Waals surface area contributed by atoms with Crippen LogP contribution in [0.2, 0.25) is 5.02 Å². The first-order valence-electron chi connectivity index (χ1n) is 5.14. The predicted molar refractivity (Wildman–Crippen MR) is 59.7 cm³/mol. The van der Waals surface area contributed by atoms with Crippen LogP contribution in [0.5, 0.6) is 0 Å². The highest BCUT2D eigenvalue weighted by atomic mass is 35.5. The van der Waals surface area contributed by atoms with Crippen molar-refractivity contribution in [2.75, 3.05) is 5.32 Å². The predicted octanol–water partition coefficient (Wildman–Crippen LogP) is 3.48. The van der Waals surface area contributed by atoms with E-state index in [4.69, 9.17) is 11.6 Å². The summed E-state index contributed by atoms with van der Waals surface area (Å²) in [5.74, 6) is 0.829. The quantitative estimate of drug-likeness (QED) is 0.827. The van der Waals surface area contributed by atoms with E-state index in [1.807, 2.05) is 12.1 Å². The van der Waals surface area contributed by atoms with Gasteiger partial charge in [-0.05, 0) is 37.8 Å². The molecule has 0 aromatic carbocycles. The molecule has 2 rings (SSSR count). The Labute approximate surface area is 89.7 Å². The maximum Gasteiger partial charge on any atom is 0.145 e. The highest BCUT2D eigenvalue weighted by molar-refractivity contribution is 6.32. The Morgan fingerprint density at radius 1 is 1.57 bits per heavy atom. The molecule has 0 saturated heterocycles. The van der Waals surface area contributed by atoms with Gasteiger partial charge in [0.05, 0.1) is 5.02 Å². The van der Waals surface area contributed by atoms with Crippen LogP contribution >= 0.6 is 11.6 Å². The molecule has 0 amide bonds. The van der Waals surface area contributed by atoms with Crippen LogP contribution < -0.4 is 5.32 Å². The molecule has 1 fully saturated rings. The van der Waals surface area contributed by atoms with Crippen LogP contribution in [-0.2, 0) is 0 Å². The van der Waals surface area contributed by atoms with Gasteiger partial charge in [0.2, 0.25) is 0 Å². The summed E-state index contributed by atoms with van der Waals surface area (Å²) >= 11 is 6.04. The zero-order valence-electron chi connectivity index (χ0n) is 8.39. The molecular weight excluding hydrogens is 196 g/mol. The highest BCUT2D eigenvalue weighted by Crippen LogP contribution is 2.38. The van der Waals surface area contributed by atoms with Crippen molar-refractivity contribution in [1.82, 2.24) is 4.98 Å². The van der Waals surface area contributed by atoms with E-state index in [1.165, 1.54) is 19.3 Å². The van der Waals surface area contributed by atoms with Crippen molar-refractivity contribution in [2.24, 2.45) is 0 Å². The zero-order valence-corrected chi connectivity index (χ0v) is 9.14. The number of anilines is 1. The van der Waals surface area contributed by atoms with Gasteiger partial charge in [-0.15, -0.1) is 0 Å². The largest absolute Gasteiger partial charge is 0.363 e. The van der Waals surface area contributed by atoms with Crippen molar-refractivity contribution >= 4 is 17.4 Å². The molecule has 1 aliphatic carbocycles. The second-order valence-electron chi connectivity index (χ2n) is 3.95. The molecule has 0 atom stereocenters. The molecule has 76 valence electrons. The Hall–Kier alpha value is -0.760. The topological polar surface area (TPSA) is 24.9 Å². The fourth-order valence-electron chi connectivity index (χ4n) is 1.90. The van der Waals surface area contributed by atoms with E-state index < -0.39 is 0 Å². The summed E-state index contributed by atoms with van der Waals surface area (Å²) in [6, 6.07) is 3.73. The Morgan fingerprint density at radius 2 is 2.36 bits per heavy atom. The number of hydrogen-bond acceptors (Lipinski definition) is 2. The minimum atomic E-state index is 0.262. The van der Waals surface area contributed by atoms with Crippen LogP contribution in [0, 0.1) is 0 Å². The molecule has 0 bridgehead atoms. The lowest BCUT2D eigenvalue weighted by Crippen LogP contribution is -2.44. The number of nitrogens with one attached hydrogen (secondary N) is 1. The van der Waals surface area contributed by atoms with Gasteiger partial charge < -0.3 is 5.32 Å². The number of aromatic nitrogens is 1. The van der Waals surface area contributed by atoms with E-state index in [2.05, 4.69) is 17.2 Å². The lowest BCUT2D eigenvalue weighted by Gasteiger charge is -2.42. The standard InChI is InChI=1S/C11H15ClN2/c1-2-11(6-4-7-11)14-10-9(12)5-3-8-13-10/h3,5,8H,2,4,6-7H2,1H3,(H,13,14). The first-order chi connectivity index (χ1) is 6.76. The summed E-state index contributed by atoms with van der Waals surface area (Å²) < 4.78 is 0. The molecule has 2 nitrogen and oxygen atoms in total. The maximum atomic E-state index is 6.04. The van der Waals surface area contributed by atoms with Crippen LogP contribution in [0.3, 0.4) is 0 Å². The molecule has 1 saturated carbocycles. The molecule has 1 N–H and O–H groups in total. The summed E-state index contributed by atoms with van der Waals surface area (Å²) in [5.41, 5.74) is 0.262. The minimum absolute atomic E-state index is 0.262. The third kappa shape index (κ3) is 1.71. The highest BCUT2D eigenvalue weighted by Gasteiger charge is 2.35. The van der Waals surface area contributed by atoms with Crippen LogP contribution in [0.25, 0.3) is 0 Å². The molecule has 1 aromatic heterocycles. The van der Waals surface area contributed by atoms with Crippen molar-refractivity contribution in [3.05, 3.63) is 23.4 Å². The number of nitrogens with zero attached hydrogens (tertiary/aromatic N) is 1. The summed E-state index contributed by atoms with van der Waals surface area (Å²) in [6.07, 6.45) is 6.69. The summed E-state index contributed by atoms with van der Waals surface area (Å²) in [5, 5.41) is 4.18. The normalized spacial score (nSPS) is 18.7. The molecule has 1 aromatic rings. The van der Waals surface area contributed by atoms with Crippen molar-refractivity contribution in [3.8, 4) is 0 Å². The van der Waals surface area contributed by atoms with E-state index >= 15 is 0 Å². The first-order valence-corrected chi connectivity index (χ1v) is 5.52. The van der Waals surface area contributed by atoms with Gasteiger partial charge in [-0.3, -0.25) is 0 Å². The SMILES string of the molecule is CCC1(Nc2ncccc2Cl)CCC1. The minimum Gasteiger partial charge on any atom is -0.363 e. The number of pyridine rings is 1. The molecule has 14 heavy (non-hydrogen) atoms.